The predicted molar refractivity (Wildman–Crippen MR) is 58.4 cm³/mol. The fourth-order valence-corrected chi connectivity index (χ4v) is 1.32. The average molecular weight is 223 g/mol. The molecule has 0 saturated heterocycles. The average Bonchev–Trinajstić information content (AvgIpc) is 2.28. The molecule has 1 aromatic rings. The summed E-state index contributed by atoms with van der Waals surface area (Å²) in [7, 11) is 0. The zero-order chi connectivity index (χ0) is 11.3. The molecule has 1 N–H and O–H groups in total. The van der Waals surface area contributed by atoms with Crippen molar-refractivity contribution in [2.75, 3.05) is 5.88 Å². The van der Waals surface area contributed by atoms with Gasteiger partial charge in [-0.2, -0.15) is 5.26 Å². The number of amides is 1. The maximum absolute atomic E-state index is 11.0. The van der Waals surface area contributed by atoms with Crippen LogP contribution in [0.4, 0.5) is 0 Å². The number of rotatable bonds is 3. The molecule has 3 nitrogen and oxygen atoms in total. The molecular weight excluding hydrogens is 212 g/mol. The fraction of sp³-hybridized carbons (Fsp3) is 0.273. The minimum absolute atomic E-state index is 0.0533. The number of carbonyl (C=O) groups is 1. The van der Waals surface area contributed by atoms with Crippen LogP contribution in [0, 0.1) is 11.3 Å². The maximum Gasteiger partial charge on any atom is 0.235 e. The van der Waals surface area contributed by atoms with Crippen LogP contribution in [-0.4, -0.2) is 11.8 Å². The minimum atomic E-state index is -0.216. The smallest absolute Gasteiger partial charge is 0.235 e. The van der Waals surface area contributed by atoms with E-state index in [1.807, 2.05) is 13.0 Å². The second kappa shape index (κ2) is 5.38. The summed E-state index contributed by atoms with van der Waals surface area (Å²) in [6.07, 6.45) is 0. The van der Waals surface area contributed by atoms with Crippen LogP contribution in [0.5, 0.6) is 0 Å². The molecule has 15 heavy (non-hydrogen) atoms. The van der Waals surface area contributed by atoms with E-state index in [9.17, 15) is 4.79 Å². The van der Waals surface area contributed by atoms with Crippen LogP contribution in [0.1, 0.15) is 24.1 Å². The van der Waals surface area contributed by atoms with Crippen molar-refractivity contribution in [3.63, 3.8) is 0 Å². The molecule has 1 atom stereocenters. The molecule has 0 heterocycles. The molecule has 78 valence electrons. The van der Waals surface area contributed by atoms with Crippen LogP contribution in [0.15, 0.2) is 24.3 Å². The summed E-state index contributed by atoms with van der Waals surface area (Å²) in [5.74, 6) is -0.269. The Balaban J connectivity index is 2.78. The van der Waals surface area contributed by atoms with Gasteiger partial charge in [-0.25, -0.2) is 0 Å². The van der Waals surface area contributed by atoms with Gasteiger partial charge >= 0.3 is 0 Å². The van der Waals surface area contributed by atoms with Crippen molar-refractivity contribution >= 4 is 17.5 Å². The van der Waals surface area contributed by atoms with Gasteiger partial charge in [-0.3, -0.25) is 4.79 Å². The van der Waals surface area contributed by atoms with E-state index in [1.165, 1.54) is 0 Å². The van der Waals surface area contributed by atoms with Gasteiger partial charge in [-0.15, -0.1) is 11.6 Å². The molecular formula is C11H11ClN2O. The first-order chi connectivity index (χ1) is 7.17. The van der Waals surface area contributed by atoms with Crippen molar-refractivity contribution < 1.29 is 4.79 Å². The summed E-state index contributed by atoms with van der Waals surface area (Å²) in [5.41, 5.74) is 1.48. The summed E-state index contributed by atoms with van der Waals surface area (Å²) in [4.78, 5) is 11.0. The van der Waals surface area contributed by atoms with Gasteiger partial charge in [0, 0.05) is 0 Å². The van der Waals surface area contributed by atoms with E-state index in [0.29, 0.717) is 5.56 Å². The number of nitriles is 1. The maximum atomic E-state index is 11.0. The molecule has 0 unspecified atom stereocenters. The molecule has 0 aliphatic rings. The summed E-state index contributed by atoms with van der Waals surface area (Å²) >= 11 is 5.38. The van der Waals surface area contributed by atoms with Crippen molar-refractivity contribution in [1.29, 1.82) is 5.26 Å². The molecule has 0 aromatic heterocycles. The normalized spacial score (nSPS) is 11.5. The van der Waals surface area contributed by atoms with Gasteiger partial charge in [0.25, 0.3) is 0 Å². The van der Waals surface area contributed by atoms with Crippen molar-refractivity contribution in [1.82, 2.24) is 5.32 Å². The second-order valence-corrected chi connectivity index (χ2v) is 3.43. The van der Waals surface area contributed by atoms with E-state index in [0.717, 1.165) is 5.56 Å². The van der Waals surface area contributed by atoms with Gasteiger partial charge in [0.2, 0.25) is 5.91 Å². The number of nitrogens with one attached hydrogen (secondary N) is 1. The van der Waals surface area contributed by atoms with Gasteiger partial charge < -0.3 is 5.32 Å². The molecule has 0 bridgehead atoms. The van der Waals surface area contributed by atoms with Crippen LogP contribution in [0.3, 0.4) is 0 Å². The molecule has 1 amide bonds. The Morgan fingerprint density at radius 2 is 2.40 bits per heavy atom. The lowest BCUT2D eigenvalue weighted by atomic mass is 10.1. The van der Waals surface area contributed by atoms with Crippen molar-refractivity contribution in [3.8, 4) is 6.07 Å². The summed E-state index contributed by atoms with van der Waals surface area (Å²) < 4.78 is 0. The number of halogens is 1. The van der Waals surface area contributed by atoms with E-state index in [1.54, 1.807) is 18.2 Å². The van der Waals surface area contributed by atoms with E-state index in [-0.39, 0.29) is 17.8 Å². The van der Waals surface area contributed by atoms with Crippen LogP contribution < -0.4 is 5.32 Å². The standard InChI is InChI=1S/C11H11ClN2O/c1-8(14-11(15)6-12)10-4-2-3-9(5-10)7-13/h2-5,8H,6H2,1H3,(H,14,15)/t8-/m0/s1. The molecule has 0 fully saturated rings. The minimum Gasteiger partial charge on any atom is -0.349 e. The van der Waals surface area contributed by atoms with Crippen LogP contribution >= 0.6 is 11.6 Å². The summed E-state index contributed by atoms with van der Waals surface area (Å²) in [6, 6.07) is 9.04. The monoisotopic (exact) mass is 222 g/mol. The Labute approximate surface area is 93.7 Å². The lowest BCUT2D eigenvalue weighted by Crippen LogP contribution is -2.27. The third-order valence-electron chi connectivity index (χ3n) is 2.01. The Morgan fingerprint density at radius 1 is 1.67 bits per heavy atom. The number of carbonyl (C=O) groups excluding carboxylic acids is 1. The SMILES string of the molecule is C[C@H](NC(=O)CCl)c1cccc(C#N)c1. The molecule has 0 aliphatic carbocycles. The zero-order valence-electron chi connectivity index (χ0n) is 8.33. The van der Waals surface area contributed by atoms with Crippen molar-refractivity contribution in [2.24, 2.45) is 0 Å². The zero-order valence-corrected chi connectivity index (χ0v) is 9.08. The number of hydrogen-bond donors (Lipinski definition) is 1. The van der Waals surface area contributed by atoms with Crippen LogP contribution in [0.25, 0.3) is 0 Å². The summed E-state index contributed by atoms with van der Waals surface area (Å²) in [5, 5.41) is 11.4. The van der Waals surface area contributed by atoms with E-state index in [4.69, 9.17) is 16.9 Å². The van der Waals surface area contributed by atoms with E-state index >= 15 is 0 Å². The highest BCUT2D eigenvalue weighted by atomic mass is 35.5. The molecule has 1 aromatic carbocycles. The quantitative estimate of drug-likeness (QED) is 0.795. The first-order valence-electron chi connectivity index (χ1n) is 4.52. The molecule has 0 saturated carbocycles. The number of alkyl halides is 1. The Bertz CT molecular complexity index is 398. The second-order valence-electron chi connectivity index (χ2n) is 3.16. The lowest BCUT2D eigenvalue weighted by molar-refractivity contribution is -0.119. The molecule has 0 spiro atoms. The van der Waals surface area contributed by atoms with Gasteiger partial charge in [-0.05, 0) is 24.6 Å². The van der Waals surface area contributed by atoms with Gasteiger partial charge in [0.15, 0.2) is 0 Å². The number of benzene rings is 1. The molecule has 0 radical (unpaired) electrons. The Kier molecular flexibility index (Phi) is 4.14. The van der Waals surface area contributed by atoms with E-state index < -0.39 is 0 Å². The third-order valence-corrected chi connectivity index (χ3v) is 2.26. The predicted octanol–water partition coefficient (Wildman–Crippen LogP) is 1.97. The summed E-state index contributed by atoms with van der Waals surface area (Å²) in [6.45, 7) is 1.85. The highest BCUT2D eigenvalue weighted by molar-refractivity contribution is 6.27. The number of nitrogens with zero attached hydrogens (tertiary/aromatic N) is 1. The molecule has 0 aliphatic heterocycles. The third kappa shape index (κ3) is 3.26. The van der Waals surface area contributed by atoms with Crippen molar-refractivity contribution in [3.05, 3.63) is 35.4 Å². The van der Waals surface area contributed by atoms with Crippen LogP contribution in [-0.2, 0) is 4.79 Å². The van der Waals surface area contributed by atoms with Gasteiger partial charge in [-0.1, -0.05) is 12.1 Å². The molecule has 4 heteroatoms. The number of hydrogen-bond acceptors (Lipinski definition) is 2. The lowest BCUT2D eigenvalue weighted by Gasteiger charge is -2.13. The first-order valence-corrected chi connectivity index (χ1v) is 5.06. The molecule has 1 rings (SSSR count). The van der Waals surface area contributed by atoms with Crippen LogP contribution in [0.2, 0.25) is 0 Å². The Hall–Kier alpha value is -1.53. The van der Waals surface area contributed by atoms with Crippen molar-refractivity contribution in [2.45, 2.75) is 13.0 Å². The highest BCUT2D eigenvalue weighted by Crippen LogP contribution is 2.13. The first kappa shape index (κ1) is 11.5. The highest BCUT2D eigenvalue weighted by Gasteiger charge is 2.08. The largest absolute Gasteiger partial charge is 0.349 e. The fourth-order valence-electron chi connectivity index (χ4n) is 1.24. The van der Waals surface area contributed by atoms with Gasteiger partial charge in [0.1, 0.15) is 5.88 Å². The Morgan fingerprint density at radius 3 is 3.00 bits per heavy atom. The van der Waals surface area contributed by atoms with Gasteiger partial charge in [0.05, 0.1) is 17.7 Å². The topological polar surface area (TPSA) is 52.9 Å². The van der Waals surface area contributed by atoms with E-state index in [2.05, 4.69) is 11.4 Å².